The molecule has 5 heteroatoms. The molecule has 0 atom stereocenters. The lowest BCUT2D eigenvalue weighted by atomic mass is 10.1. The fourth-order valence-corrected chi connectivity index (χ4v) is 3.69. The standard InChI is InChI=1S/C20H18FNO2S/c1-13(2)12-22-19(23)17(14-8-10-15(21)11-9-14)18(20(22)24)25-16-6-4-3-5-7-16/h3-11,13H,12H2,1-2H3. The van der Waals surface area contributed by atoms with E-state index in [0.29, 0.717) is 22.6 Å². The molecule has 1 aliphatic heterocycles. The molecule has 128 valence electrons. The van der Waals surface area contributed by atoms with Crippen molar-refractivity contribution in [3.05, 3.63) is 70.9 Å². The van der Waals surface area contributed by atoms with Crippen molar-refractivity contribution in [1.82, 2.24) is 4.90 Å². The number of nitrogens with zero attached hydrogens (tertiary/aromatic N) is 1. The molecule has 0 radical (unpaired) electrons. The van der Waals surface area contributed by atoms with Crippen LogP contribution in [0.5, 0.6) is 0 Å². The second-order valence-electron chi connectivity index (χ2n) is 6.24. The number of benzene rings is 2. The van der Waals surface area contributed by atoms with Crippen LogP contribution in [-0.2, 0) is 9.59 Å². The second kappa shape index (κ2) is 7.23. The van der Waals surface area contributed by atoms with Gasteiger partial charge in [0.25, 0.3) is 11.8 Å². The average molecular weight is 355 g/mol. The van der Waals surface area contributed by atoms with Crippen molar-refractivity contribution in [3.8, 4) is 0 Å². The molecule has 2 aromatic rings. The Labute approximate surface area is 150 Å². The number of halogens is 1. The molecular weight excluding hydrogens is 337 g/mol. The third-order valence-corrected chi connectivity index (χ3v) is 4.86. The van der Waals surface area contributed by atoms with Gasteiger partial charge in [0.05, 0.1) is 10.5 Å². The first-order valence-corrected chi connectivity index (χ1v) is 8.88. The number of rotatable bonds is 5. The highest BCUT2D eigenvalue weighted by atomic mass is 32.2. The van der Waals surface area contributed by atoms with E-state index >= 15 is 0 Å². The van der Waals surface area contributed by atoms with Gasteiger partial charge in [0.15, 0.2) is 0 Å². The number of amides is 2. The summed E-state index contributed by atoms with van der Waals surface area (Å²) < 4.78 is 13.3. The minimum Gasteiger partial charge on any atom is -0.274 e. The molecule has 1 aliphatic rings. The van der Waals surface area contributed by atoms with E-state index in [4.69, 9.17) is 0 Å². The van der Waals surface area contributed by atoms with Crippen molar-refractivity contribution in [2.45, 2.75) is 18.7 Å². The Morgan fingerprint density at radius 1 is 0.960 bits per heavy atom. The highest BCUT2D eigenvalue weighted by molar-refractivity contribution is 8.04. The zero-order chi connectivity index (χ0) is 18.0. The minimum absolute atomic E-state index is 0.170. The maximum absolute atomic E-state index is 13.3. The van der Waals surface area contributed by atoms with Crippen LogP contribution in [0.15, 0.2) is 64.4 Å². The van der Waals surface area contributed by atoms with Crippen LogP contribution in [0.1, 0.15) is 19.4 Å². The fourth-order valence-electron chi connectivity index (χ4n) is 2.66. The van der Waals surface area contributed by atoms with E-state index in [-0.39, 0.29) is 23.5 Å². The van der Waals surface area contributed by atoms with E-state index < -0.39 is 0 Å². The van der Waals surface area contributed by atoms with Crippen molar-refractivity contribution in [2.75, 3.05) is 6.54 Å². The van der Waals surface area contributed by atoms with Crippen LogP contribution in [0.3, 0.4) is 0 Å². The van der Waals surface area contributed by atoms with Crippen LogP contribution in [-0.4, -0.2) is 23.3 Å². The Morgan fingerprint density at radius 2 is 1.60 bits per heavy atom. The fraction of sp³-hybridized carbons (Fsp3) is 0.200. The molecule has 1 heterocycles. The monoisotopic (exact) mass is 355 g/mol. The van der Waals surface area contributed by atoms with Gasteiger partial charge in [-0.2, -0.15) is 0 Å². The predicted molar refractivity (Wildman–Crippen MR) is 97.2 cm³/mol. The van der Waals surface area contributed by atoms with Gasteiger partial charge in [-0.15, -0.1) is 0 Å². The van der Waals surface area contributed by atoms with Gasteiger partial charge >= 0.3 is 0 Å². The van der Waals surface area contributed by atoms with Gasteiger partial charge in [-0.25, -0.2) is 4.39 Å². The van der Waals surface area contributed by atoms with Gasteiger partial charge < -0.3 is 0 Å². The van der Waals surface area contributed by atoms with Crippen LogP contribution in [0.2, 0.25) is 0 Å². The number of carbonyl (C=O) groups excluding carboxylic acids is 2. The predicted octanol–water partition coefficient (Wildman–Crippen LogP) is 4.35. The Bertz CT molecular complexity index is 829. The van der Waals surface area contributed by atoms with E-state index in [1.165, 1.54) is 28.8 Å². The maximum Gasteiger partial charge on any atom is 0.268 e. The third kappa shape index (κ3) is 3.66. The van der Waals surface area contributed by atoms with Gasteiger partial charge in [0, 0.05) is 11.4 Å². The summed E-state index contributed by atoms with van der Waals surface area (Å²) in [5, 5.41) is 0. The van der Waals surface area contributed by atoms with Crippen molar-refractivity contribution >= 4 is 29.1 Å². The molecule has 0 aromatic heterocycles. The van der Waals surface area contributed by atoms with Crippen molar-refractivity contribution in [3.63, 3.8) is 0 Å². The molecule has 0 bridgehead atoms. The lowest BCUT2D eigenvalue weighted by molar-refractivity contribution is -0.137. The summed E-state index contributed by atoms with van der Waals surface area (Å²) in [4.78, 5) is 28.3. The molecule has 0 aliphatic carbocycles. The highest BCUT2D eigenvalue weighted by Crippen LogP contribution is 2.39. The van der Waals surface area contributed by atoms with Crippen LogP contribution in [0, 0.1) is 11.7 Å². The number of thioether (sulfide) groups is 1. The molecule has 0 saturated carbocycles. The van der Waals surface area contributed by atoms with E-state index in [2.05, 4.69) is 0 Å². The molecule has 0 fully saturated rings. The summed E-state index contributed by atoms with van der Waals surface area (Å²) in [5.41, 5.74) is 0.906. The maximum atomic E-state index is 13.3. The molecule has 3 rings (SSSR count). The smallest absolute Gasteiger partial charge is 0.268 e. The van der Waals surface area contributed by atoms with Crippen LogP contribution < -0.4 is 0 Å². The third-order valence-electron chi connectivity index (χ3n) is 3.77. The van der Waals surface area contributed by atoms with Crippen molar-refractivity contribution in [2.24, 2.45) is 5.92 Å². The van der Waals surface area contributed by atoms with E-state index in [9.17, 15) is 14.0 Å². The normalized spacial score (nSPS) is 14.8. The van der Waals surface area contributed by atoms with E-state index in [0.717, 1.165) is 4.90 Å². The summed E-state index contributed by atoms with van der Waals surface area (Å²) in [6.45, 7) is 4.28. The molecule has 0 unspecified atom stereocenters. The van der Waals surface area contributed by atoms with Gasteiger partial charge in [-0.3, -0.25) is 14.5 Å². The summed E-state index contributed by atoms with van der Waals surface area (Å²) in [6, 6.07) is 15.1. The Balaban J connectivity index is 2.05. The van der Waals surface area contributed by atoms with Crippen LogP contribution in [0.4, 0.5) is 4.39 Å². The molecule has 2 amide bonds. The number of hydrogen-bond acceptors (Lipinski definition) is 3. The number of hydrogen-bond donors (Lipinski definition) is 0. The summed E-state index contributed by atoms with van der Waals surface area (Å²) in [6.07, 6.45) is 0. The largest absolute Gasteiger partial charge is 0.274 e. The number of imide groups is 1. The molecule has 3 nitrogen and oxygen atoms in total. The molecule has 0 spiro atoms. The van der Waals surface area contributed by atoms with Crippen molar-refractivity contribution < 1.29 is 14.0 Å². The zero-order valence-corrected chi connectivity index (χ0v) is 14.8. The molecular formula is C20H18FNO2S. The minimum atomic E-state index is -0.377. The lowest BCUT2D eigenvalue weighted by Gasteiger charge is -2.17. The topological polar surface area (TPSA) is 37.4 Å². The van der Waals surface area contributed by atoms with E-state index in [1.54, 1.807) is 12.1 Å². The summed E-state index contributed by atoms with van der Waals surface area (Å²) >= 11 is 1.27. The first kappa shape index (κ1) is 17.4. The molecule has 0 N–H and O–H groups in total. The second-order valence-corrected chi connectivity index (χ2v) is 7.32. The van der Waals surface area contributed by atoms with Gasteiger partial charge in [0.1, 0.15) is 5.82 Å². The van der Waals surface area contributed by atoms with Crippen LogP contribution >= 0.6 is 11.8 Å². The first-order chi connectivity index (χ1) is 12.0. The molecule has 25 heavy (non-hydrogen) atoms. The van der Waals surface area contributed by atoms with Gasteiger partial charge in [0.2, 0.25) is 0 Å². The van der Waals surface area contributed by atoms with Gasteiger partial charge in [-0.1, -0.05) is 55.9 Å². The lowest BCUT2D eigenvalue weighted by Crippen LogP contribution is -2.34. The average Bonchev–Trinajstić information content (AvgIpc) is 2.81. The SMILES string of the molecule is CC(C)CN1C(=O)C(Sc2ccccc2)=C(c2ccc(F)cc2)C1=O. The van der Waals surface area contributed by atoms with E-state index in [1.807, 2.05) is 44.2 Å². The molecule has 2 aromatic carbocycles. The summed E-state index contributed by atoms with van der Waals surface area (Å²) in [7, 11) is 0. The molecule has 0 saturated heterocycles. The van der Waals surface area contributed by atoms with Gasteiger partial charge in [-0.05, 0) is 35.7 Å². The van der Waals surface area contributed by atoms with Crippen molar-refractivity contribution in [1.29, 1.82) is 0 Å². The Kier molecular flexibility index (Phi) is 5.04. The quantitative estimate of drug-likeness (QED) is 0.748. The first-order valence-electron chi connectivity index (χ1n) is 8.06. The number of carbonyl (C=O) groups is 2. The Hall–Kier alpha value is -2.40. The van der Waals surface area contributed by atoms with Crippen LogP contribution in [0.25, 0.3) is 5.57 Å². The highest BCUT2D eigenvalue weighted by Gasteiger charge is 2.39. The zero-order valence-electron chi connectivity index (χ0n) is 14.0. The summed E-state index contributed by atoms with van der Waals surface area (Å²) in [5.74, 6) is -0.809. The Morgan fingerprint density at radius 3 is 2.20 bits per heavy atom.